The molecule has 0 aliphatic carbocycles. The average molecular weight is 151 g/mol. The quantitative estimate of drug-likeness (QED) is 0.548. The van der Waals surface area contributed by atoms with E-state index >= 15 is 0 Å². The molecule has 11 heavy (non-hydrogen) atoms. The largest absolute Gasteiger partial charge is 0.372 e. The fourth-order valence-corrected chi connectivity index (χ4v) is 1.50. The molecule has 1 heteroatoms. The predicted octanol–water partition coefficient (Wildman–Crippen LogP) is 2.56. The molecule has 0 aromatic carbocycles. The fraction of sp³-hybridized carbons (Fsp3) is 0.600. The van der Waals surface area contributed by atoms with Gasteiger partial charge in [0.05, 0.1) is 0 Å². The van der Waals surface area contributed by atoms with Crippen molar-refractivity contribution in [3.8, 4) is 0 Å². The average Bonchev–Trinajstić information content (AvgIpc) is 2.18. The number of nitrogens with zero attached hydrogens (tertiary/aromatic N) is 1. The Morgan fingerprint density at radius 1 is 1.36 bits per heavy atom. The van der Waals surface area contributed by atoms with E-state index in [4.69, 9.17) is 0 Å². The van der Waals surface area contributed by atoms with Crippen LogP contribution in [0.4, 0.5) is 0 Å². The number of likely N-dealkylation sites (tertiary alicyclic amines) is 1. The topological polar surface area (TPSA) is 3.24 Å². The minimum absolute atomic E-state index is 0.971. The summed E-state index contributed by atoms with van der Waals surface area (Å²) in [4.78, 5) is 2.33. The summed E-state index contributed by atoms with van der Waals surface area (Å²) in [7, 11) is 0. The van der Waals surface area contributed by atoms with Crippen molar-refractivity contribution in [3.05, 3.63) is 24.9 Å². The molecule has 0 bridgehead atoms. The summed E-state index contributed by atoms with van der Waals surface area (Å²) < 4.78 is 0. The molecule has 0 N–H and O–H groups in total. The molecule has 0 amide bonds. The van der Waals surface area contributed by atoms with Crippen molar-refractivity contribution in [1.29, 1.82) is 0 Å². The molecular formula is C10H17N. The van der Waals surface area contributed by atoms with Crippen LogP contribution in [0.25, 0.3) is 0 Å². The van der Waals surface area contributed by atoms with Crippen LogP contribution >= 0.6 is 0 Å². The SMILES string of the molecule is C=CCN1CCCCCC1=C. The minimum Gasteiger partial charge on any atom is -0.372 e. The lowest BCUT2D eigenvalue weighted by Gasteiger charge is -2.22. The maximum Gasteiger partial charge on any atom is 0.0353 e. The van der Waals surface area contributed by atoms with Crippen LogP contribution in [0.3, 0.4) is 0 Å². The van der Waals surface area contributed by atoms with Gasteiger partial charge in [-0.05, 0) is 19.3 Å². The molecule has 1 fully saturated rings. The van der Waals surface area contributed by atoms with Crippen LogP contribution in [-0.4, -0.2) is 18.0 Å². The number of allylic oxidation sites excluding steroid dienone is 1. The maximum atomic E-state index is 4.05. The summed E-state index contributed by atoms with van der Waals surface area (Å²) in [5.41, 5.74) is 1.29. The second-order valence-corrected chi connectivity index (χ2v) is 3.11. The van der Waals surface area contributed by atoms with E-state index in [-0.39, 0.29) is 0 Å². The molecule has 0 atom stereocenters. The molecule has 0 spiro atoms. The highest BCUT2D eigenvalue weighted by molar-refractivity contribution is 4.97. The Balaban J connectivity index is 2.45. The van der Waals surface area contributed by atoms with Crippen LogP contribution in [0.15, 0.2) is 24.9 Å². The minimum atomic E-state index is 0.971. The van der Waals surface area contributed by atoms with Gasteiger partial charge in [0, 0.05) is 18.8 Å². The van der Waals surface area contributed by atoms with Crippen molar-refractivity contribution >= 4 is 0 Å². The van der Waals surface area contributed by atoms with Gasteiger partial charge in [-0.15, -0.1) is 6.58 Å². The lowest BCUT2D eigenvalue weighted by atomic mass is 10.2. The third-order valence-electron chi connectivity index (χ3n) is 2.19. The molecule has 1 heterocycles. The molecular weight excluding hydrogens is 134 g/mol. The van der Waals surface area contributed by atoms with E-state index in [0.717, 1.165) is 6.54 Å². The molecule has 1 rings (SSSR count). The van der Waals surface area contributed by atoms with Crippen molar-refractivity contribution in [2.75, 3.05) is 13.1 Å². The Kier molecular flexibility index (Phi) is 3.21. The second kappa shape index (κ2) is 4.22. The van der Waals surface area contributed by atoms with Crippen LogP contribution in [0.5, 0.6) is 0 Å². The Bertz CT molecular complexity index is 149. The first kappa shape index (κ1) is 8.38. The summed E-state index contributed by atoms with van der Waals surface area (Å²) >= 11 is 0. The van der Waals surface area contributed by atoms with Gasteiger partial charge in [-0.1, -0.05) is 19.1 Å². The van der Waals surface area contributed by atoms with Gasteiger partial charge in [0.25, 0.3) is 0 Å². The summed E-state index contributed by atoms with van der Waals surface area (Å²) in [5, 5.41) is 0. The first-order valence-electron chi connectivity index (χ1n) is 4.38. The molecule has 1 nitrogen and oxygen atoms in total. The van der Waals surface area contributed by atoms with Gasteiger partial charge in [-0.3, -0.25) is 0 Å². The summed E-state index contributed by atoms with van der Waals surface area (Å²) in [6, 6.07) is 0. The number of rotatable bonds is 2. The second-order valence-electron chi connectivity index (χ2n) is 3.11. The standard InChI is InChI=1S/C10H17N/c1-3-8-11-9-6-4-5-7-10(11)2/h3H,1-2,4-9H2. The van der Waals surface area contributed by atoms with Gasteiger partial charge in [-0.2, -0.15) is 0 Å². The van der Waals surface area contributed by atoms with Crippen molar-refractivity contribution in [3.63, 3.8) is 0 Å². The van der Waals surface area contributed by atoms with Crippen LogP contribution < -0.4 is 0 Å². The molecule has 1 aliphatic rings. The first-order valence-corrected chi connectivity index (χ1v) is 4.38. The normalized spacial score (nSPS) is 19.6. The van der Waals surface area contributed by atoms with E-state index in [1.54, 1.807) is 0 Å². The highest BCUT2D eigenvalue weighted by Gasteiger charge is 2.08. The molecule has 62 valence electrons. The molecule has 0 saturated carbocycles. The van der Waals surface area contributed by atoms with Crippen molar-refractivity contribution < 1.29 is 0 Å². The summed E-state index contributed by atoms with van der Waals surface area (Å²) in [6.45, 7) is 9.93. The lowest BCUT2D eigenvalue weighted by molar-refractivity contribution is 0.382. The van der Waals surface area contributed by atoms with E-state index in [0.29, 0.717) is 0 Å². The van der Waals surface area contributed by atoms with Gasteiger partial charge >= 0.3 is 0 Å². The molecule has 0 aromatic heterocycles. The lowest BCUT2D eigenvalue weighted by Crippen LogP contribution is -2.21. The maximum absolute atomic E-state index is 4.05. The van der Waals surface area contributed by atoms with Crippen molar-refractivity contribution in [1.82, 2.24) is 4.90 Å². The van der Waals surface area contributed by atoms with E-state index < -0.39 is 0 Å². The molecule has 0 radical (unpaired) electrons. The van der Waals surface area contributed by atoms with Crippen LogP contribution in [0, 0.1) is 0 Å². The van der Waals surface area contributed by atoms with Gasteiger partial charge in [-0.25, -0.2) is 0 Å². The van der Waals surface area contributed by atoms with E-state index in [9.17, 15) is 0 Å². The molecule has 0 unspecified atom stereocenters. The van der Waals surface area contributed by atoms with Gasteiger partial charge < -0.3 is 4.90 Å². The first-order chi connectivity index (χ1) is 5.34. The smallest absolute Gasteiger partial charge is 0.0353 e. The molecule has 1 saturated heterocycles. The zero-order valence-electron chi connectivity index (χ0n) is 7.18. The Labute approximate surface area is 69.4 Å². The Hall–Kier alpha value is -0.720. The van der Waals surface area contributed by atoms with E-state index in [2.05, 4.69) is 18.1 Å². The predicted molar refractivity (Wildman–Crippen MR) is 49.4 cm³/mol. The highest BCUT2D eigenvalue weighted by atomic mass is 15.1. The fourth-order valence-electron chi connectivity index (χ4n) is 1.50. The van der Waals surface area contributed by atoms with Crippen LogP contribution in [-0.2, 0) is 0 Å². The monoisotopic (exact) mass is 151 g/mol. The van der Waals surface area contributed by atoms with Crippen molar-refractivity contribution in [2.24, 2.45) is 0 Å². The molecule has 0 aromatic rings. The van der Waals surface area contributed by atoms with Crippen LogP contribution in [0.2, 0.25) is 0 Å². The summed E-state index contributed by atoms with van der Waals surface area (Å²) in [6.07, 6.45) is 7.11. The van der Waals surface area contributed by atoms with Gasteiger partial charge in [0.1, 0.15) is 0 Å². The number of hydrogen-bond acceptors (Lipinski definition) is 1. The highest BCUT2D eigenvalue weighted by Crippen LogP contribution is 2.17. The van der Waals surface area contributed by atoms with Gasteiger partial charge in [0.15, 0.2) is 0 Å². The molecule has 1 aliphatic heterocycles. The zero-order valence-corrected chi connectivity index (χ0v) is 7.18. The Morgan fingerprint density at radius 2 is 2.18 bits per heavy atom. The zero-order chi connectivity index (χ0) is 8.10. The third-order valence-corrected chi connectivity index (χ3v) is 2.19. The summed E-state index contributed by atoms with van der Waals surface area (Å²) in [5.74, 6) is 0. The van der Waals surface area contributed by atoms with Crippen LogP contribution in [0.1, 0.15) is 25.7 Å². The van der Waals surface area contributed by atoms with Gasteiger partial charge in [0.2, 0.25) is 0 Å². The van der Waals surface area contributed by atoms with E-state index in [1.807, 2.05) is 6.08 Å². The van der Waals surface area contributed by atoms with Crippen molar-refractivity contribution in [2.45, 2.75) is 25.7 Å². The Morgan fingerprint density at radius 3 is 2.91 bits per heavy atom. The number of hydrogen-bond donors (Lipinski definition) is 0. The third kappa shape index (κ3) is 2.41. The van der Waals surface area contributed by atoms with E-state index in [1.165, 1.54) is 37.9 Å².